The molecule has 0 aliphatic rings. The average molecular weight is 273 g/mol. The molecule has 0 saturated carbocycles. The topological polar surface area (TPSA) is 109 Å². The molecule has 3 amide bonds. The molecule has 0 rings (SSSR count). The normalized spacial score (nSPS) is 8.95. The minimum absolute atomic E-state index is 0.0312. The molecule has 0 saturated heterocycles. The van der Waals surface area contributed by atoms with Crippen molar-refractivity contribution in [1.82, 2.24) is 10.0 Å². The molecule has 0 aliphatic heterocycles. The minimum Gasteiger partial charge on any atom is -0.448 e. The zero-order valence-electron chi connectivity index (χ0n) is 10.9. The van der Waals surface area contributed by atoms with Crippen LogP contribution in [0.25, 0.3) is 0 Å². The Kier molecular flexibility index (Phi) is 7.44. The van der Waals surface area contributed by atoms with E-state index in [9.17, 15) is 14.4 Å². The van der Waals surface area contributed by atoms with Gasteiger partial charge in [-0.25, -0.2) is 14.4 Å². The summed E-state index contributed by atoms with van der Waals surface area (Å²) < 4.78 is 13.7. The molecule has 0 heterocycles. The fourth-order valence-corrected chi connectivity index (χ4v) is 0.959. The Morgan fingerprint density at radius 1 is 0.895 bits per heavy atom. The number of nitrogens with zero attached hydrogens (tertiary/aromatic N) is 3. The summed E-state index contributed by atoms with van der Waals surface area (Å²) in [4.78, 5) is 34.6. The van der Waals surface area contributed by atoms with Crippen LogP contribution in [0.3, 0.4) is 0 Å². The highest BCUT2D eigenvalue weighted by atomic mass is 16.6. The highest BCUT2D eigenvalue weighted by Crippen LogP contribution is 2.06. The summed E-state index contributed by atoms with van der Waals surface area (Å²) in [5.41, 5.74) is 0. The second kappa shape index (κ2) is 8.57. The standard InChI is InChI=1S/C10H15N3O6/c1-4-17-8(14)12(7-11)13(9(15)18-5-2)10(16)19-6-3/h4-6H2,1-3H3. The predicted molar refractivity (Wildman–Crippen MR) is 60.4 cm³/mol. The first kappa shape index (κ1) is 16.5. The third-order valence-corrected chi connectivity index (χ3v) is 1.62. The van der Waals surface area contributed by atoms with Crippen molar-refractivity contribution in [1.29, 1.82) is 5.26 Å². The Morgan fingerprint density at radius 3 is 1.58 bits per heavy atom. The molecular weight excluding hydrogens is 258 g/mol. The van der Waals surface area contributed by atoms with Crippen LogP contribution >= 0.6 is 0 Å². The highest BCUT2D eigenvalue weighted by Gasteiger charge is 2.35. The van der Waals surface area contributed by atoms with E-state index in [1.807, 2.05) is 0 Å². The van der Waals surface area contributed by atoms with Gasteiger partial charge in [-0.05, 0) is 20.8 Å². The Balaban J connectivity index is 5.19. The van der Waals surface area contributed by atoms with Gasteiger partial charge in [0.25, 0.3) is 0 Å². The van der Waals surface area contributed by atoms with Crippen molar-refractivity contribution in [2.75, 3.05) is 19.8 Å². The van der Waals surface area contributed by atoms with Crippen molar-refractivity contribution in [2.45, 2.75) is 20.8 Å². The largest absolute Gasteiger partial charge is 0.448 e. The minimum atomic E-state index is -1.21. The maximum absolute atomic E-state index is 11.6. The van der Waals surface area contributed by atoms with Crippen LogP contribution in [0.2, 0.25) is 0 Å². The van der Waals surface area contributed by atoms with Crippen molar-refractivity contribution >= 4 is 18.3 Å². The third-order valence-electron chi connectivity index (χ3n) is 1.62. The lowest BCUT2D eigenvalue weighted by Crippen LogP contribution is -2.51. The summed E-state index contributed by atoms with van der Waals surface area (Å²) in [5, 5.41) is 9.10. The molecule has 0 spiro atoms. The molecule has 0 aromatic rings. The van der Waals surface area contributed by atoms with E-state index < -0.39 is 18.3 Å². The summed E-state index contributed by atoms with van der Waals surface area (Å²) >= 11 is 0. The number of hydrazine groups is 1. The number of carbonyl (C=O) groups is 3. The second-order valence-corrected chi connectivity index (χ2v) is 2.82. The quantitative estimate of drug-likeness (QED) is 0.331. The number of nitriles is 1. The predicted octanol–water partition coefficient (Wildman–Crippen LogP) is 1.46. The van der Waals surface area contributed by atoms with Crippen LogP contribution in [-0.4, -0.2) is 48.1 Å². The van der Waals surface area contributed by atoms with E-state index in [0.717, 1.165) is 0 Å². The number of hydrogen-bond acceptors (Lipinski definition) is 7. The SMILES string of the molecule is CCOC(=O)N(C#N)N(C(=O)OCC)C(=O)OCC. The summed E-state index contributed by atoms with van der Waals surface area (Å²) in [7, 11) is 0. The number of ether oxygens (including phenoxy) is 3. The first-order valence-electron chi connectivity index (χ1n) is 5.53. The van der Waals surface area contributed by atoms with Crippen LogP contribution in [0.4, 0.5) is 14.4 Å². The van der Waals surface area contributed by atoms with Gasteiger partial charge in [-0.15, -0.1) is 5.01 Å². The van der Waals surface area contributed by atoms with Gasteiger partial charge in [0.2, 0.25) is 6.19 Å². The van der Waals surface area contributed by atoms with E-state index in [2.05, 4.69) is 14.2 Å². The van der Waals surface area contributed by atoms with Crippen molar-refractivity contribution in [3.8, 4) is 6.19 Å². The smallest absolute Gasteiger partial charge is 0.443 e. The lowest BCUT2D eigenvalue weighted by molar-refractivity contribution is 0.00680. The molecule has 0 N–H and O–H groups in total. The van der Waals surface area contributed by atoms with Crippen LogP contribution in [-0.2, 0) is 14.2 Å². The molecule has 0 aromatic carbocycles. The summed E-state index contributed by atoms with van der Waals surface area (Å²) in [6, 6.07) is 0. The molecule has 0 unspecified atom stereocenters. The van der Waals surface area contributed by atoms with E-state index in [1.54, 1.807) is 0 Å². The van der Waals surface area contributed by atoms with E-state index in [0.29, 0.717) is 0 Å². The van der Waals surface area contributed by atoms with Gasteiger partial charge in [0.1, 0.15) is 0 Å². The summed E-state index contributed by atoms with van der Waals surface area (Å²) in [6.45, 7) is 4.39. The zero-order valence-corrected chi connectivity index (χ0v) is 10.9. The maximum Gasteiger partial charge on any atom is 0.443 e. The average Bonchev–Trinajstić information content (AvgIpc) is 2.36. The lowest BCUT2D eigenvalue weighted by atomic mass is 10.8. The van der Waals surface area contributed by atoms with E-state index in [4.69, 9.17) is 5.26 Å². The number of hydrogen-bond donors (Lipinski definition) is 0. The molecule has 0 aliphatic carbocycles. The molecule has 0 atom stereocenters. The monoisotopic (exact) mass is 273 g/mol. The van der Waals surface area contributed by atoms with Gasteiger partial charge in [-0.1, -0.05) is 5.01 Å². The van der Waals surface area contributed by atoms with Crippen LogP contribution in [0.5, 0.6) is 0 Å². The van der Waals surface area contributed by atoms with Gasteiger partial charge >= 0.3 is 18.3 Å². The number of rotatable bonds is 3. The lowest BCUT2D eigenvalue weighted by Gasteiger charge is -2.24. The fraction of sp³-hybridized carbons (Fsp3) is 0.600. The van der Waals surface area contributed by atoms with Gasteiger partial charge in [-0.2, -0.15) is 5.26 Å². The summed E-state index contributed by atoms with van der Waals surface area (Å²) in [6.07, 6.45) is -2.27. The molecule has 0 fully saturated rings. The molecule has 19 heavy (non-hydrogen) atoms. The van der Waals surface area contributed by atoms with Crippen LogP contribution in [0.15, 0.2) is 0 Å². The van der Waals surface area contributed by atoms with Crippen LogP contribution < -0.4 is 0 Å². The van der Waals surface area contributed by atoms with E-state index >= 15 is 0 Å². The van der Waals surface area contributed by atoms with Gasteiger partial charge in [-0.3, -0.25) is 0 Å². The van der Waals surface area contributed by atoms with E-state index in [-0.39, 0.29) is 29.8 Å². The van der Waals surface area contributed by atoms with Gasteiger partial charge in [0, 0.05) is 0 Å². The van der Waals surface area contributed by atoms with Gasteiger partial charge in [0.05, 0.1) is 19.8 Å². The van der Waals surface area contributed by atoms with Crippen molar-refractivity contribution in [3.05, 3.63) is 0 Å². The zero-order chi connectivity index (χ0) is 14.8. The fourth-order valence-electron chi connectivity index (χ4n) is 0.959. The third kappa shape index (κ3) is 4.71. The molecule has 9 heteroatoms. The molecule has 0 aromatic heterocycles. The first-order valence-corrected chi connectivity index (χ1v) is 5.53. The molecular formula is C10H15N3O6. The Bertz CT molecular complexity index is 360. The van der Waals surface area contributed by atoms with Crippen LogP contribution in [0.1, 0.15) is 20.8 Å². The molecule has 9 nitrogen and oxygen atoms in total. The van der Waals surface area contributed by atoms with Crippen LogP contribution in [0, 0.1) is 11.5 Å². The van der Waals surface area contributed by atoms with Gasteiger partial charge in [0.15, 0.2) is 0 Å². The Labute approximate surface area is 110 Å². The van der Waals surface area contributed by atoms with Gasteiger partial charge < -0.3 is 14.2 Å². The maximum atomic E-state index is 11.6. The van der Waals surface area contributed by atoms with Crippen molar-refractivity contribution in [3.63, 3.8) is 0 Å². The van der Waals surface area contributed by atoms with Crippen molar-refractivity contribution in [2.24, 2.45) is 0 Å². The highest BCUT2D eigenvalue weighted by molar-refractivity contribution is 5.90. The molecule has 0 bridgehead atoms. The van der Waals surface area contributed by atoms with Crippen molar-refractivity contribution < 1.29 is 28.6 Å². The number of amides is 3. The van der Waals surface area contributed by atoms with E-state index in [1.165, 1.54) is 27.0 Å². The Morgan fingerprint density at radius 2 is 1.26 bits per heavy atom. The molecule has 0 radical (unpaired) electrons. The first-order chi connectivity index (χ1) is 9.03. The summed E-state index contributed by atoms with van der Waals surface area (Å²) in [5.74, 6) is 0. The number of carbonyl (C=O) groups excluding carboxylic acids is 3. The number of imide groups is 1. The second-order valence-electron chi connectivity index (χ2n) is 2.82. The Hall–Kier alpha value is -2.50. The molecule has 106 valence electrons.